The molecule has 2 N–H and O–H groups in total. The number of nitrogens with zero attached hydrogens (tertiary/aromatic N) is 1. The third kappa shape index (κ3) is 2.53. The first-order chi connectivity index (χ1) is 10.4. The maximum Gasteiger partial charge on any atom is 0.352 e. The monoisotopic (exact) mass is 320 g/mol. The highest BCUT2D eigenvalue weighted by atomic mass is 32.2. The first-order valence-electron chi connectivity index (χ1n) is 6.88. The Morgan fingerprint density at radius 3 is 2.77 bits per heavy atom. The summed E-state index contributed by atoms with van der Waals surface area (Å²) >= 11 is 0. The van der Waals surface area contributed by atoms with Gasteiger partial charge in [0.25, 0.3) is 0 Å². The summed E-state index contributed by atoms with van der Waals surface area (Å²) in [7, 11) is -2.25. The molecule has 0 spiro atoms. The molecule has 0 radical (unpaired) electrons. The average Bonchev–Trinajstić information content (AvgIpc) is 3.03. The molecule has 0 aliphatic heterocycles. The van der Waals surface area contributed by atoms with E-state index in [1.165, 1.54) is 23.9 Å². The molecule has 1 aromatic heterocycles. The maximum absolute atomic E-state index is 12.5. The molecule has 6 nitrogen and oxygen atoms in total. The van der Waals surface area contributed by atoms with Crippen LogP contribution in [0.2, 0.25) is 0 Å². The minimum absolute atomic E-state index is 0.0308. The number of nitrogens with one attached hydrogen (secondary N) is 1. The molecule has 1 aliphatic rings. The first kappa shape index (κ1) is 14.8. The Balaban J connectivity index is 1.89. The summed E-state index contributed by atoms with van der Waals surface area (Å²) in [6.45, 7) is 0. The number of hydrogen-bond donors (Lipinski definition) is 2. The predicted octanol–water partition coefficient (Wildman–Crippen LogP) is 1.69. The van der Waals surface area contributed by atoms with Crippen molar-refractivity contribution in [2.24, 2.45) is 7.05 Å². The van der Waals surface area contributed by atoms with Gasteiger partial charge in [0.2, 0.25) is 10.0 Å². The highest BCUT2D eigenvalue weighted by Crippen LogP contribution is 2.32. The molecule has 0 saturated heterocycles. The fourth-order valence-corrected chi connectivity index (χ4v) is 4.15. The number of sulfonamides is 1. The smallest absolute Gasteiger partial charge is 0.352 e. The summed E-state index contributed by atoms with van der Waals surface area (Å²) in [5, 5.41) is 9.02. The Morgan fingerprint density at radius 2 is 2.09 bits per heavy atom. The standard InChI is InChI=1S/C15H16N2O4S/c1-17-9-11(8-14(17)15(18)19)22(20,21)16-13-7-6-10-4-2-3-5-12(10)13/h2-5,8-9,13,16H,6-7H2,1H3,(H,18,19). The number of carboxylic acids is 1. The van der Waals surface area contributed by atoms with E-state index in [1.54, 1.807) is 0 Å². The molecule has 1 aromatic carbocycles. The van der Waals surface area contributed by atoms with Crippen LogP contribution < -0.4 is 4.72 Å². The lowest BCUT2D eigenvalue weighted by molar-refractivity contribution is 0.0686. The third-order valence-electron chi connectivity index (χ3n) is 3.94. The molecule has 1 unspecified atom stereocenters. The van der Waals surface area contributed by atoms with Crippen LogP contribution in [0.4, 0.5) is 0 Å². The summed E-state index contributed by atoms with van der Waals surface area (Å²) in [6, 6.07) is 8.64. The Hall–Kier alpha value is -2.12. The average molecular weight is 320 g/mol. The van der Waals surface area contributed by atoms with Gasteiger partial charge in [-0.3, -0.25) is 0 Å². The van der Waals surface area contributed by atoms with Crippen LogP contribution >= 0.6 is 0 Å². The van der Waals surface area contributed by atoms with Crippen molar-refractivity contribution in [3.63, 3.8) is 0 Å². The Kier molecular flexibility index (Phi) is 3.54. The number of hydrogen-bond acceptors (Lipinski definition) is 3. The van der Waals surface area contributed by atoms with Gasteiger partial charge in [-0.2, -0.15) is 0 Å². The van der Waals surface area contributed by atoms with E-state index in [1.807, 2.05) is 24.3 Å². The molecule has 0 fully saturated rings. The second kappa shape index (κ2) is 5.26. The molecule has 22 heavy (non-hydrogen) atoms. The lowest BCUT2D eigenvalue weighted by Crippen LogP contribution is -2.27. The van der Waals surface area contributed by atoms with Crippen molar-refractivity contribution >= 4 is 16.0 Å². The quantitative estimate of drug-likeness (QED) is 0.897. The van der Waals surface area contributed by atoms with E-state index < -0.39 is 16.0 Å². The molecule has 0 amide bonds. The van der Waals surface area contributed by atoms with Gasteiger partial charge in [0, 0.05) is 19.3 Å². The van der Waals surface area contributed by atoms with Gasteiger partial charge >= 0.3 is 5.97 Å². The van der Waals surface area contributed by atoms with Gasteiger partial charge in [-0.25, -0.2) is 17.9 Å². The van der Waals surface area contributed by atoms with Crippen molar-refractivity contribution in [1.29, 1.82) is 0 Å². The van der Waals surface area contributed by atoms with Crippen LogP contribution in [0.25, 0.3) is 0 Å². The van der Waals surface area contributed by atoms with E-state index in [0.717, 1.165) is 17.5 Å². The number of carboxylic acid groups (broad SMARTS) is 1. The number of fused-ring (bicyclic) bond motifs is 1. The predicted molar refractivity (Wildman–Crippen MR) is 80.2 cm³/mol. The summed E-state index contributed by atoms with van der Waals surface area (Å²) < 4.78 is 28.9. The highest BCUT2D eigenvalue weighted by Gasteiger charge is 2.28. The highest BCUT2D eigenvalue weighted by molar-refractivity contribution is 7.89. The zero-order chi connectivity index (χ0) is 15.9. The van der Waals surface area contributed by atoms with Crippen molar-refractivity contribution in [3.05, 3.63) is 53.3 Å². The second-order valence-corrected chi connectivity index (χ2v) is 7.10. The Bertz CT molecular complexity index is 839. The van der Waals surface area contributed by atoms with Crippen molar-refractivity contribution in [2.75, 3.05) is 0 Å². The van der Waals surface area contributed by atoms with Crippen molar-refractivity contribution in [3.8, 4) is 0 Å². The van der Waals surface area contributed by atoms with Gasteiger partial charge in [-0.15, -0.1) is 0 Å². The topological polar surface area (TPSA) is 88.4 Å². The number of aryl methyl sites for hydroxylation is 2. The van der Waals surface area contributed by atoms with Crippen LogP contribution in [0.15, 0.2) is 41.4 Å². The normalized spacial score (nSPS) is 17.4. The molecule has 1 atom stereocenters. The van der Waals surface area contributed by atoms with E-state index in [2.05, 4.69) is 4.72 Å². The number of carbonyl (C=O) groups is 1. The fourth-order valence-electron chi connectivity index (χ4n) is 2.83. The fraction of sp³-hybridized carbons (Fsp3) is 0.267. The van der Waals surface area contributed by atoms with E-state index in [-0.39, 0.29) is 16.6 Å². The minimum Gasteiger partial charge on any atom is -0.477 e. The molecule has 1 heterocycles. The van der Waals surface area contributed by atoms with Crippen LogP contribution in [0.1, 0.15) is 34.1 Å². The minimum atomic E-state index is -3.76. The molecule has 3 rings (SSSR count). The van der Waals surface area contributed by atoms with E-state index >= 15 is 0 Å². The largest absolute Gasteiger partial charge is 0.477 e. The summed E-state index contributed by atoms with van der Waals surface area (Å²) in [6.07, 6.45) is 2.85. The summed E-state index contributed by atoms with van der Waals surface area (Å²) in [5.41, 5.74) is 2.07. The number of benzene rings is 1. The number of rotatable bonds is 4. The SMILES string of the molecule is Cn1cc(S(=O)(=O)NC2CCc3ccccc32)cc1C(=O)O. The first-order valence-corrected chi connectivity index (χ1v) is 8.36. The molecule has 7 heteroatoms. The van der Waals surface area contributed by atoms with E-state index in [9.17, 15) is 13.2 Å². The van der Waals surface area contributed by atoms with Crippen LogP contribution in [0.3, 0.4) is 0 Å². The molecule has 0 saturated carbocycles. The number of aromatic carboxylic acids is 1. The van der Waals surface area contributed by atoms with Gasteiger partial charge in [0.15, 0.2) is 0 Å². The summed E-state index contributed by atoms with van der Waals surface area (Å²) in [5.74, 6) is -1.16. The van der Waals surface area contributed by atoms with Gasteiger partial charge in [-0.1, -0.05) is 24.3 Å². The molecule has 2 aromatic rings. The van der Waals surface area contributed by atoms with E-state index in [0.29, 0.717) is 6.42 Å². The van der Waals surface area contributed by atoms with E-state index in [4.69, 9.17) is 5.11 Å². The molecule has 0 bridgehead atoms. The Morgan fingerprint density at radius 1 is 1.36 bits per heavy atom. The molecular weight excluding hydrogens is 304 g/mol. The Labute approximate surface area is 128 Å². The maximum atomic E-state index is 12.5. The van der Waals surface area contributed by atoms with Crippen molar-refractivity contribution in [2.45, 2.75) is 23.8 Å². The van der Waals surface area contributed by atoms with Crippen LogP contribution in [-0.2, 0) is 23.5 Å². The number of aromatic nitrogens is 1. The second-order valence-electron chi connectivity index (χ2n) is 5.39. The van der Waals surface area contributed by atoms with Gasteiger partial charge in [0.05, 0.1) is 0 Å². The van der Waals surface area contributed by atoms with Gasteiger partial charge < -0.3 is 9.67 Å². The van der Waals surface area contributed by atoms with Crippen molar-refractivity contribution < 1.29 is 18.3 Å². The molecule has 116 valence electrons. The zero-order valence-corrected chi connectivity index (χ0v) is 12.8. The van der Waals surface area contributed by atoms with Gasteiger partial charge in [-0.05, 0) is 30.0 Å². The summed E-state index contributed by atoms with van der Waals surface area (Å²) in [4.78, 5) is 11.0. The lowest BCUT2D eigenvalue weighted by Gasteiger charge is -2.13. The third-order valence-corrected chi connectivity index (χ3v) is 5.38. The molecular formula is C15H16N2O4S. The lowest BCUT2D eigenvalue weighted by atomic mass is 10.1. The van der Waals surface area contributed by atoms with Crippen LogP contribution in [0, 0.1) is 0 Å². The van der Waals surface area contributed by atoms with Crippen molar-refractivity contribution in [1.82, 2.24) is 9.29 Å². The van der Waals surface area contributed by atoms with Gasteiger partial charge in [0.1, 0.15) is 10.6 Å². The molecule has 1 aliphatic carbocycles. The zero-order valence-electron chi connectivity index (χ0n) is 12.0. The van der Waals surface area contributed by atoms with Crippen LogP contribution in [0.5, 0.6) is 0 Å². The van der Waals surface area contributed by atoms with Crippen LogP contribution in [-0.4, -0.2) is 24.1 Å².